The molecule has 7 nitrogen and oxygen atoms in total. The molecular formula is C18H24N6O. The minimum absolute atomic E-state index is 0.0673. The van der Waals surface area contributed by atoms with Crippen molar-refractivity contribution in [3.63, 3.8) is 0 Å². The van der Waals surface area contributed by atoms with E-state index in [1.54, 1.807) is 0 Å². The van der Waals surface area contributed by atoms with E-state index in [2.05, 4.69) is 20.7 Å². The third-order valence-electron chi connectivity index (χ3n) is 5.00. The summed E-state index contributed by atoms with van der Waals surface area (Å²) in [6, 6.07) is 10.2. The smallest absolute Gasteiger partial charge is 0.246 e. The molecule has 1 aliphatic carbocycles. The van der Waals surface area contributed by atoms with E-state index in [1.165, 1.54) is 17.6 Å². The molecule has 0 radical (unpaired) electrons. The number of carbonyl (C=O) groups is 1. The Morgan fingerprint density at radius 2 is 1.88 bits per heavy atom. The number of likely N-dealkylation sites (tertiary alicyclic amines) is 1. The monoisotopic (exact) mass is 340 g/mol. The lowest BCUT2D eigenvalue weighted by atomic mass is 10.0. The second kappa shape index (κ2) is 7.31. The van der Waals surface area contributed by atoms with Gasteiger partial charge in [0.1, 0.15) is 6.54 Å². The summed E-state index contributed by atoms with van der Waals surface area (Å²) >= 11 is 0. The van der Waals surface area contributed by atoms with Crippen molar-refractivity contribution in [3.05, 3.63) is 30.3 Å². The Kier molecular flexibility index (Phi) is 4.74. The maximum Gasteiger partial charge on any atom is 0.246 e. The molecule has 1 N–H and O–H groups in total. The molecule has 25 heavy (non-hydrogen) atoms. The first-order valence-electron chi connectivity index (χ1n) is 9.12. The lowest BCUT2D eigenvalue weighted by molar-refractivity contribution is -0.133. The van der Waals surface area contributed by atoms with Crippen molar-refractivity contribution in [1.29, 1.82) is 0 Å². The Labute approximate surface area is 147 Å². The Morgan fingerprint density at radius 1 is 1.12 bits per heavy atom. The molecule has 1 aromatic carbocycles. The molecule has 132 valence electrons. The van der Waals surface area contributed by atoms with Gasteiger partial charge in [0.25, 0.3) is 0 Å². The van der Waals surface area contributed by atoms with Gasteiger partial charge in [-0.1, -0.05) is 30.3 Å². The van der Waals surface area contributed by atoms with Crippen LogP contribution >= 0.6 is 0 Å². The molecule has 0 atom stereocenters. The number of aromatic nitrogens is 4. The maximum absolute atomic E-state index is 12.5. The highest BCUT2D eigenvalue weighted by molar-refractivity contribution is 5.75. The fraction of sp³-hybridized carbons (Fsp3) is 0.556. The Balaban J connectivity index is 1.27. The van der Waals surface area contributed by atoms with E-state index < -0.39 is 0 Å². The predicted octanol–water partition coefficient (Wildman–Crippen LogP) is 1.33. The van der Waals surface area contributed by atoms with Gasteiger partial charge in [-0.3, -0.25) is 4.79 Å². The first-order chi connectivity index (χ1) is 12.3. The molecule has 0 unspecified atom stereocenters. The molecule has 0 bridgehead atoms. The van der Waals surface area contributed by atoms with Crippen molar-refractivity contribution in [3.8, 4) is 11.4 Å². The molecule has 1 saturated carbocycles. The topological polar surface area (TPSA) is 75.9 Å². The first-order valence-corrected chi connectivity index (χ1v) is 9.12. The van der Waals surface area contributed by atoms with E-state index in [4.69, 9.17) is 0 Å². The first kappa shape index (κ1) is 16.2. The minimum atomic E-state index is 0.0673. The van der Waals surface area contributed by atoms with Gasteiger partial charge < -0.3 is 10.2 Å². The normalized spacial score (nSPS) is 18.5. The highest BCUT2D eigenvalue weighted by atomic mass is 16.2. The minimum Gasteiger partial charge on any atom is -0.341 e. The molecule has 1 amide bonds. The van der Waals surface area contributed by atoms with Crippen LogP contribution in [-0.4, -0.2) is 56.7 Å². The summed E-state index contributed by atoms with van der Waals surface area (Å²) in [5.41, 5.74) is 0.906. The molecule has 1 saturated heterocycles. The molecule has 2 aromatic rings. The Morgan fingerprint density at radius 3 is 2.60 bits per heavy atom. The van der Waals surface area contributed by atoms with Gasteiger partial charge in [0.05, 0.1) is 0 Å². The number of carbonyl (C=O) groups excluding carboxylic acids is 1. The molecule has 0 spiro atoms. The van der Waals surface area contributed by atoms with Gasteiger partial charge in [-0.15, -0.1) is 10.2 Å². The van der Waals surface area contributed by atoms with Gasteiger partial charge in [-0.2, -0.15) is 4.80 Å². The van der Waals surface area contributed by atoms with Crippen LogP contribution in [0.5, 0.6) is 0 Å². The largest absolute Gasteiger partial charge is 0.341 e. The van der Waals surface area contributed by atoms with Crippen molar-refractivity contribution >= 4 is 5.91 Å². The second-order valence-corrected chi connectivity index (χ2v) is 7.02. The van der Waals surface area contributed by atoms with Crippen molar-refractivity contribution in [2.24, 2.45) is 5.92 Å². The van der Waals surface area contributed by atoms with Crippen LogP contribution in [0.3, 0.4) is 0 Å². The summed E-state index contributed by atoms with van der Waals surface area (Å²) in [7, 11) is 0. The van der Waals surface area contributed by atoms with Crippen LogP contribution in [0.2, 0.25) is 0 Å². The van der Waals surface area contributed by atoms with E-state index >= 15 is 0 Å². The number of hydrogen-bond acceptors (Lipinski definition) is 5. The molecule has 1 aliphatic heterocycles. The van der Waals surface area contributed by atoms with Crippen LogP contribution in [0.15, 0.2) is 30.3 Å². The molecule has 1 aromatic heterocycles. The zero-order valence-corrected chi connectivity index (χ0v) is 14.3. The van der Waals surface area contributed by atoms with Gasteiger partial charge in [0.2, 0.25) is 11.7 Å². The summed E-state index contributed by atoms with van der Waals surface area (Å²) in [6.07, 6.45) is 4.80. The lowest BCUT2D eigenvalue weighted by Crippen LogP contribution is -2.46. The van der Waals surface area contributed by atoms with E-state index in [9.17, 15) is 4.79 Å². The number of piperidine rings is 1. The molecule has 7 heteroatoms. The summed E-state index contributed by atoms with van der Waals surface area (Å²) in [6.45, 7) is 2.91. The van der Waals surface area contributed by atoms with Crippen molar-refractivity contribution < 1.29 is 4.79 Å². The number of nitrogens with zero attached hydrogens (tertiary/aromatic N) is 5. The second-order valence-electron chi connectivity index (χ2n) is 7.02. The van der Waals surface area contributed by atoms with Crippen LogP contribution in [-0.2, 0) is 11.3 Å². The van der Waals surface area contributed by atoms with Crippen LogP contribution in [0.1, 0.15) is 25.7 Å². The van der Waals surface area contributed by atoms with Crippen LogP contribution < -0.4 is 5.32 Å². The Bertz CT molecular complexity index is 703. The van der Waals surface area contributed by atoms with E-state index in [0.29, 0.717) is 11.9 Å². The van der Waals surface area contributed by atoms with E-state index in [0.717, 1.165) is 44.0 Å². The number of hydrogen-bond donors (Lipinski definition) is 1. The standard InChI is InChI=1S/C18H24N6O/c25-17(23-10-8-16(9-11-23)19-12-14-6-7-14)13-24-21-18(20-22-24)15-4-2-1-3-5-15/h1-5,14,16,19H,6-13H2. The number of nitrogens with one attached hydrogen (secondary N) is 1. The third kappa shape index (κ3) is 4.22. The Hall–Kier alpha value is -2.28. The number of rotatable bonds is 6. The highest BCUT2D eigenvalue weighted by Crippen LogP contribution is 2.28. The van der Waals surface area contributed by atoms with Crippen LogP contribution in [0.25, 0.3) is 11.4 Å². The van der Waals surface area contributed by atoms with Crippen molar-refractivity contribution in [2.45, 2.75) is 38.3 Å². The number of amides is 1. The number of benzene rings is 1. The lowest BCUT2D eigenvalue weighted by Gasteiger charge is -2.32. The van der Waals surface area contributed by atoms with Gasteiger partial charge in [-0.05, 0) is 43.4 Å². The summed E-state index contributed by atoms with van der Waals surface area (Å²) < 4.78 is 0. The van der Waals surface area contributed by atoms with Crippen LogP contribution in [0, 0.1) is 5.92 Å². The zero-order valence-electron chi connectivity index (χ0n) is 14.3. The van der Waals surface area contributed by atoms with E-state index in [1.807, 2.05) is 35.2 Å². The van der Waals surface area contributed by atoms with Crippen molar-refractivity contribution in [2.75, 3.05) is 19.6 Å². The van der Waals surface area contributed by atoms with Gasteiger partial charge >= 0.3 is 0 Å². The summed E-state index contributed by atoms with van der Waals surface area (Å²) in [5, 5.41) is 16.0. The highest BCUT2D eigenvalue weighted by Gasteiger charge is 2.26. The molecule has 4 rings (SSSR count). The summed E-state index contributed by atoms with van der Waals surface area (Å²) in [5.74, 6) is 1.52. The van der Waals surface area contributed by atoms with Crippen LogP contribution in [0.4, 0.5) is 0 Å². The fourth-order valence-electron chi connectivity index (χ4n) is 3.22. The zero-order chi connectivity index (χ0) is 17.1. The van der Waals surface area contributed by atoms with Gasteiger partial charge in [0, 0.05) is 24.7 Å². The molecule has 2 aliphatic rings. The number of tetrazole rings is 1. The predicted molar refractivity (Wildman–Crippen MR) is 93.6 cm³/mol. The average molecular weight is 340 g/mol. The van der Waals surface area contributed by atoms with Crippen molar-refractivity contribution in [1.82, 2.24) is 30.4 Å². The SMILES string of the molecule is O=C(Cn1nnc(-c2ccccc2)n1)N1CCC(NCC2CC2)CC1. The third-order valence-corrected chi connectivity index (χ3v) is 5.00. The average Bonchev–Trinajstić information content (AvgIpc) is 3.38. The fourth-order valence-corrected chi connectivity index (χ4v) is 3.22. The quantitative estimate of drug-likeness (QED) is 0.859. The van der Waals surface area contributed by atoms with E-state index in [-0.39, 0.29) is 12.5 Å². The van der Waals surface area contributed by atoms with Gasteiger partial charge in [0.15, 0.2) is 0 Å². The van der Waals surface area contributed by atoms with Gasteiger partial charge in [-0.25, -0.2) is 0 Å². The molecule has 2 fully saturated rings. The maximum atomic E-state index is 12.5. The summed E-state index contributed by atoms with van der Waals surface area (Å²) in [4.78, 5) is 15.8. The molecular weight excluding hydrogens is 316 g/mol. The molecule has 2 heterocycles.